The van der Waals surface area contributed by atoms with Gasteiger partial charge < -0.3 is 1.43 Å². The minimum Gasteiger partial charge on any atom is -1.00 e. The summed E-state index contributed by atoms with van der Waals surface area (Å²) in [6.07, 6.45) is 0. The molecule has 3 nitrogen and oxygen atoms in total. The first-order valence-corrected chi connectivity index (χ1v) is 3.10. The van der Waals surface area contributed by atoms with E-state index in [2.05, 4.69) is 11.2 Å². The van der Waals surface area contributed by atoms with E-state index >= 15 is 0 Å². The summed E-state index contributed by atoms with van der Waals surface area (Å²) in [5.74, 6) is 0. The van der Waals surface area contributed by atoms with Crippen LogP contribution in [0.3, 0.4) is 0 Å². The fraction of sp³-hybridized carbons (Fsp3) is 0. The first-order chi connectivity index (χ1) is 2.00. The van der Waals surface area contributed by atoms with Crippen LogP contribution in [0.5, 0.6) is 0 Å². The summed E-state index contributed by atoms with van der Waals surface area (Å²) in [4.78, 5) is 0. The second-order valence-corrected chi connectivity index (χ2v) is 2.65. The third-order valence-electron chi connectivity index (χ3n) is 0. The average molecular weight is 366 g/mol. The van der Waals surface area contributed by atoms with Gasteiger partial charge in [0.2, 0.25) is 0 Å². The Morgan fingerprint density at radius 1 is 1.57 bits per heavy atom. The van der Waals surface area contributed by atoms with Crippen molar-refractivity contribution >= 4 is 46.4 Å². The van der Waals surface area contributed by atoms with Gasteiger partial charge in [0, 0.05) is 11.2 Å². The SMILES string of the molecule is O=S(O)(O)=S.[BiH3].[H-].[K+]. The molecule has 0 aromatic heterocycles. The van der Waals surface area contributed by atoms with Crippen LogP contribution in [0.15, 0.2) is 0 Å². The Morgan fingerprint density at radius 3 is 1.57 bits per heavy atom. The van der Waals surface area contributed by atoms with E-state index in [1.165, 1.54) is 0 Å². The van der Waals surface area contributed by atoms with Crippen LogP contribution in [-0.4, -0.2) is 39.5 Å². The summed E-state index contributed by atoms with van der Waals surface area (Å²) < 4.78 is 24.0. The molecule has 0 fully saturated rings. The smallest absolute Gasteiger partial charge is 1.00 e. The minimum absolute atomic E-state index is 0. The van der Waals surface area contributed by atoms with Gasteiger partial charge in [-0.3, -0.25) is 9.11 Å². The molecule has 0 atom stereocenters. The molecule has 0 unspecified atom stereocenters. The summed E-state index contributed by atoms with van der Waals surface area (Å²) in [6, 6.07) is 0. The van der Waals surface area contributed by atoms with Crippen LogP contribution >= 0.6 is 0 Å². The standard InChI is InChI=1S/Bi.K.H2O3S2.4H/c;;1-5(2,3)4;;;;/h;;(H2,1,2,3,4);;;;/q;+1;;;;;-1. The van der Waals surface area contributed by atoms with Gasteiger partial charge in [0.05, 0.1) is 0 Å². The first kappa shape index (κ1) is 16.4. The van der Waals surface area contributed by atoms with Crippen molar-refractivity contribution in [2.75, 3.05) is 0 Å². The van der Waals surface area contributed by atoms with E-state index < -0.39 is 9.05 Å². The van der Waals surface area contributed by atoms with Crippen LogP contribution in [0.1, 0.15) is 1.43 Å². The molecule has 0 aliphatic rings. The van der Waals surface area contributed by atoms with Crippen molar-refractivity contribution in [2.24, 2.45) is 0 Å². The van der Waals surface area contributed by atoms with Crippen molar-refractivity contribution < 1.29 is 66.1 Å². The molecule has 0 saturated heterocycles. The minimum atomic E-state index is -3.83. The van der Waals surface area contributed by atoms with Gasteiger partial charge in [-0.05, 0) is 0 Å². The molecule has 0 aliphatic heterocycles. The molecule has 0 aromatic rings. The molecular weight excluding hydrogens is 360 g/mol. The van der Waals surface area contributed by atoms with Gasteiger partial charge in [-0.15, -0.1) is 0 Å². The van der Waals surface area contributed by atoms with Gasteiger partial charge in [0.25, 0.3) is 9.05 Å². The Balaban J connectivity index is -0.0000000267. The molecule has 0 heterocycles. The van der Waals surface area contributed by atoms with Crippen LogP contribution in [-0.2, 0) is 20.2 Å². The molecule has 0 saturated carbocycles. The summed E-state index contributed by atoms with van der Waals surface area (Å²) in [7, 11) is -3.83. The Morgan fingerprint density at radius 2 is 1.57 bits per heavy atom. The van der Waals surface area contributed by atoms with Crippen LogP contribution in [0.4, 0.5) is 0 Å². The molecule has 0 radical (unpaired) electrons. The van der Waals surface area contributed by atoms with Crippen molar-refractivity contribution in [3.63, 3.8) is 0 Å². The number of rotatable bonds is 0. The normalized spacial score (nSPS) is 8.29. The molecule has 0 bridgehead atoms. The molecule has 2 N–H and O–H groups in total. The van der Waals surface area contributed by atoms with Crippen molar-refractivity contribution in [1.82, 2.24) is 0 Å². The van der Waals surface area contributed by atoms with Crippen molar-refractivity contribution in [2.45, 2.75) is 0 Å². The Hall–Kier alpha value is 2.81. The van der Waals surface area contributed by atoms with Gasteiger partial charge in [-0.2, -0.15) is 4.21 Å². The predicted molar refractivity (Wildman–Crippen MR) is 31.8 cm³/mol. The van der Waals surface area contributed by atoms with Crippen molar-refractivity contribution in [3.8, 4) is 0 Å². The molecule has 42 valence electrons. The van der Waals surface area contributed by atoms with Gasteiger partial charge >= 0.3 is 77.6 Å². The van der Waals surface area contributed by atoms with Crippen LogP contribution in [0, 0.1) is 0 Å². The van der Waals surface area contributed by atoms with Crippen molar-refractivity contribution in [1.29, 1.82) is 0 Å². The van der Waals surface area contributed by atoms with E-state index in [9.17, 15) is 0 Å². The third kappa shape index (κ3) is 51.8. The fourth-order valence-corrected chi connectivity index (χ4v) is 0. The van der Waals surface area contributed by atoms with Crippen molar-refractivity contribution in [3.05, 3.63) is 0 Å². The van der Waals surface area contributed by atoms with E-state index in [1.54, 1.807) is 0 Å². The molecule has 0 amide bonds. The van der Waals surface area contributed by atoms with Gasteiger partial charge in [0.15, 0.2) is 0 Å². The largest absolute Gasteiger partial charge is 1.00 e. The van der Waals surface area contributed by atoms with Gasteiger partial charge in [-0.1, -0.05) is 0 Å². The Bertz CT molecular complexity index is 100. The first-order valence-electron chi connectivity index (χ1n) is 0.698. The van der Waals surface area contributed by atoms with E-state index in [1.807, 2.05) is 0 Å². The molecule has 0 aromatic carbocycles. The zero-order chi connectivity index (χ0) is 4.50. The van der Waals surface area contributed by atoms with Gasteiger partial charge in [0.1, 0.15) is 0 Å². The maximum Gasteiger partial charge on any atom is 1.00 e. The topological polar surface area (TPSA) is 57.5 Å². The zero-order valence-corrected chi connectivity index (χ0v) is 14.1. The molecule has 7 heteroatoms. The molecule has 0 rings (SSSR count). The second-order valence-electron chi connectivity index (χ2n) is 0.448. The van der Waals surface area contributed by atoms with Crippen LogP contribution in [0.25, 0.3) is 0 Å². The van der Waals surface area contributed by atoms with E-state index in [-0.39, 0.29) is 79.0 Å². The fourth-order valence-electron chi connectivity index (χ4n) is 0. The second kappa shape index (κ2) is 6.92. The summed E-state index contributed by atoms with van der Waals surface area (Å²) in [5.41, 5.74) is 0. The van der Waals surface area contributed by atoms with Crippen LogP contribution < -0.4 is 51.4 Å². The monoisotopic (exact) mass is 366 g/mol. The Labute approximate surface area is 110 Å². The molecule has 0 spiro atoms. The molecule has 0 aliphatic carbocycles. The zero-order valence-electron chi connectivity index (χ0n) is 4.83. The van der Waals surface area contributed by atoms with E-state index in [0.717, 1.165) is 0 Å². The van der Waals surface area contributed by atoms with Crippen LogP contribution in [0.2, 0.25) is 0 Å². The quantitative estimate of drug-likeness (QED) is 0.426. The number of hydrogen-bond donors (Lipinski definition) is 2. The summed E-state index contributed by atoms with van der Waals surface area (Å²) in [5, 5.41) is 0. The van der Waals surface area contributed by atoms with E-state index in [0.29, 0.717) is 0 Å². The summed E-state index contributed by atoms with van der Waals surface area (Å²) >= 11 is 3.47. The predicted octanol–water partition coefficient (Wildman–Crippen LogP) is -4.39. The number of hydrogen-bond acceptors (Lipinski definition) is 2. The van der Waals surface area contributed by atoms with E-state index in [4.69, 9.17) is 13.3 Å². The summed E-state index contributed by atoms with van der Waals surface area (Å²) in [6.45, 7) is 0. The average Bonchev–Trinajstić information content (AvgIpc) is 0.722. The maximum atomic E-state index is 9.11. The Kier molecular flexibility index (Phi) is 16.2. The molecular formula is H6BiKO3S2. The maximum absolute atomic E-state index is 9.11. The van der Waals surface area contributed by atoms with Gasteiger partial charge in [-0.25, -0.2) is 0 Å². The molecule has 7 heavy (non-hydrogen) atoms. The third-order valence-corrected chi connectivity index (χ3v) is 0.